The second kappa shape index (κ2) is 9.58. The lowest BCUT2D eigenvalue weighted by molar-refractivity contribution is 0.0956. The standard InChI is InChI=1S/C21H26N2O3S2/c1-17-7-9-18(10-8-17)16-27-14-11-22-21(24)19-5-4-6-20(15-19)28(25,26)23-12-2-3-13-23/h4-10,15H,2-3,11-14,16H2,1H3,(H,22,24). The average Bonchev–Trinajstić information content (AvgIpc) is 3.25. The maximum Gasteiger partial charge on any atom is 0.251 e. The van der Waals surface area contributed by atoms with E-state index in [1.54, 1.807) is 30.0 Å². The first-order chi connectivity index (χ1) is 13.5. The molecule has 1 fully saturated rings. The Kier molecular flexibility index (Phi) is 7.15. The highest BCUT2D eigenvalue weighted by atomic mass is 32.2. The van der Waals surface area contributed by atoms with Gasteiger partial charge in [-0.1, -0.05) is 35.9 Å². The number of rotatable bonds is 8. The number of nitrogens with one attached hydrogen (secondary N) is 1. The van der Waals surface area contributed by atoms with E-state index in [0.29, 0.717) is 25.2 Å². The van der Waals surface area contributed by atoms with E-state index in [4.69, 9.17) is 0 Å². The molecule has 0 unspecified atom stereocenters. The Morgan fingerprint density at radius 1 is 1.11 bits per heavy atom. The largest absolute Gasteiger partial charge is 0.351 e. The zero-order chi connectivity index (χ0) is 20.0. The molecule has 1 saturated heterocycles. The maximum absolute atomic E-state index is 12.7. The van der Waals surface area contributed by atoms with Gasteiger partial charge in [0.2, 0.25) is 10.0 Å². The number of thioether (sulfide) groups is 1. The smallest absolute Gasteiger partial charge is 0.251 e. The molecule has 150 valence electrons. The van der Waals surface area contributed by atoms with E-state index in [2.05, 4.69) is 36.5 Å². The van der Waals surface area contributed by atoms with Crippen molar-refractivity contribution in [2.75, 3.05) is 25.4 Å². The topological polar surface area (TPSA) is 66.5 Å². The molecule has 0 aromatic heterocycles. The van der Waals surface area contributed by atoms with Gasteiger partial charge in [-0.25, -0.2) is 8.42 Å². The molecule has 7 heteroatoms. The average molecular weight is 419 g/mol. The van der Waals surface area contributed by atoms with Crippen molar-refractivity contribution in [3.63, 3.8) is 0 Å². The number of carbonyl (C=O) groups excluding carboxylic acids is 1. The first kappa shape index (κ1) is 20.9. The molecule has 0 radical (unpaired) electrons. The van der Waals surface area contributed by atoms with Gasteiger partial charge in [-0.05, 0) is 43.5 Å². The Hall–Kier alpha value is -1.83. The lowest BCUT2D eigenvalue weighted by Gasteiger charge is -2.16. The normalized spacial score (nSPS) is 14.9. The molecule has 2 aromatic rings. The van der Waals surface area contributed by atoms with Crippen LogP contribution in [-0.2, 0) is 15.8 Å². The predicted molar refractivity (Wildman–Crippen MR) is 114 cm³/mol. The monoisotopic (exact) mass is 418 g/mol. The van der Waals surface area contributed by atoms with Crippen LogP contribution in [0.5, 0.6) is 0 Å². The molecule has 1 aliphatic rings. The van der Waals surface area contributed by atoms with Crippen LogP contribution in [0.15, 0.2) is 53.4 Å². The number of amides is 1. The van der Waals surface area contributed by atoms with E-state index >= 15 is 0 Å². The van der Waals surface area contributed by atoms with Gasteiger partial charge in [0.1, 0.15) is 0 Å². The van der Waals surface area contributed by atoms with E-state index in [9.17, 15) is 13.2 Å². The summed E-state index contributed by atoms with van der Waals surface area (Å²) in [5.74, 6) is 1.46. The van der Waals surface area contributed by atoms with Crippen molar-refractivity contribution >= 4 is 27.7 Å². The van der Waals surface area contributed by atoms with Crippen molar-refractivity contribution in [2.24, 2.45) is 0 Å². The second-order valence-electron chi connectivity index (χ2n) is 6.93. The van der Waals surface area contributed by atoms with Gasteiger partial charge in [0.15, 0.2) is 0 Å². The van der Waals surface area contributed by atoms with Crippen LogP contribution in [0, 0.1) is 6.92 Å². The van der Waals surface area contributed by atoms with Crippen LogP contribution in [0.25, 0.3) is 0 Å². The van der Waals surface area contributed by atoms with Crippen molar-refractivity contribution < 1.29 is 13.2 Å². The van der Waals surface area contributed by atoms with E-state index < -0.39 is 10.0 Å². The molecule has 0 saturated carbocycles. The van der Waals surface area contributed by atoms with Crippen molar-refractivity contribution in [3.05, 3.63) is 65.2 Å². The Labute approximate surface area is 171 Å². The molecule has 2 aromatic carbocycles. The van der Waals surface area contributed by atoms with Gasteiger partial charge < -0.3 is 5.32 Å². The maximum atomic E-state index is 12.7. The Bertz CT molecular complexity index is 906. The Morgan fingerprint density at radius 3 is 2.54 bits per heavy atom. The number of nitrogens with zero attached hydrogens (tertiary/aromatic N) is 1. The molecule has 0 spiro atoms. The Balaban J connectivity index is 1.50. The fourth-order valence-electron chi connectivity index (χ4n) is 3.09. The number of hydrogen-bond acceptors (Lipinski definition) is 4. The number of benzene rings is 2. The molecule has 1 amide bonds. The first-order valence-corrected chi connectivity index (χ1v) is 12.1. The summed E-state index contributed by atoms with van der Waals surface area (Å²) in [4.78, 5) is 12.6. The highest BCUT2D eigenvalue weighted by Gasteiger charge is 2.27. The molecule has 0 atom stereocenters. The third kappa shape index (κ3) is 5.37. The zero-order valence-electron chi connectivity index (χ0n) is 16.1. The SMILES string of the molecule is Cc1ccc(CSCCNC(=O)c2cccc(S(=O)(=O)N3CCCC3)c2)cc1. The van der Waals surface area contributed by atoms with E-state index in [1.807, 2.05) is 0 Å². The summed E-state index contributed by atoms with van der Waals surface area (Å²) in [6.07, 6.45) is 1.78. The zero-order valence-corrected chi connectivity index (χ0v) is 17.7. The van der Waals surface area contributed by atoms with Crippen LogP contribution in [-0.4, -0.2) is 44.0 Å². The molecule has 28 heavy (non-hydrogen) atoms. The molecule has 1 aliphatic heterocycles. The summed E-state index contributed by atoms with van der Waals surface area (Å²) in [6.45, 7) is 3.71. The molecular weight excluding hydrogens is 392 g/mol. The van der Waals surface area contributed by atoms with Crippen LogP contribution < -0.4 is 5.32 Å². The number of carbonyl (C=O) groups is 1. The van der Waals surface area contributed by atoms with Crippen LogP contribution in [0.3, 0.4) is 0 Å². The van der Waals surface area contributed by atoms with Gasteiger partial charge >= 0.3 is 0 Å². The van der Waals surface area contributed by atoms with Crippen LogP contribution in [0.2, 0.25) is 0 Å². The van der Waals surface area contributed by atoms with Crippen LogP contribution in [0.4, 0.5) is 0 Å². The van der Waals surface area contributed by atoms with Crippen molar-refractivity contribution in [2.45, 2.75) is 30.4 Å². The third-order valence-corrected chi connectivity index (χ3v) is 7.65. The van der Waals surface area contributed by atoms with Gasteiger partial charge in [-0.2, -0.15) is 16.1 Å². The van der Waals surface area contributed by atoms with Gasteiger partial charge in [-0.3, -0.25) is 4.79 Å². The van der Waals surface area contributed by atoms with Gasteiger partial charge in [0.05, 0.1) is 4.90 Å². The minimum Gasteiger partial charge on any atom is -0.351 e. The molecular formula is C21H26N2O3S2. The summed E-state index contributed by atoms with van der Waals surface area (Å²) in [6, 6.07) is 14.7. The molecule has 5 nitrogen and oxygen atoms in total. The summed E-state index contributed by atoms with van der Waals surface area (Å²) >= 11 is 1.76. The number of sulfonamides is 1. The molecule has 1 N–H and O–H groups in total. The molecule has 1 heterocycles. The van der Waals surface area contributed by atoms with Crippen molar-refractivity contribution in [1.82, 2.24) is 9.62 Å². The van der Waals surface area contributed by atoms with E-state index in [0.717, 1.165) is 24.3 Å². The quantitative estimate of drug-likeness (QED) is 0.667. The fourth-order valence-corrected chi connectivity index (χ4v) is 5.47. The first-order valence-electron chi connectivity index (χ1n) is 9.48. The lowest BCUT2D eigenvalue weighted by atomic mass is 10.2. The highest BCUT2D eigenvalue weighted by Crippen LogP contribution is 2.21. The van der Waals surface area contributed by atoms with Crippen LogP contribution >= 0.6 is 11.8 Å². The van der Waals surface area contributed by atoms with Gasteiger partial charge in [-0.15, -0.1) is 0 Å². The van der Waals surface area contributed by atoms with E-state index in [-0.39, 0.29) is 10.8 Å². The summed E-state index contributed by atoms with van der Waals surface area (Å²) in [7, 11) is -3.51. The fraction of sp³-hybridized carbons (Fsp3) is 0.381. The highest BCUT2D eigenvalue weighted by molar-refractivity contribution is 7.98. The minimum absolute atomic E-state index is 0.191. The number of hydrogen-bond donors (Lipinski definition) is 1. The molecule has 3 rings (SSSR count). The van der Waals surface area contributed by atoms with Crippen molar-refractivity contribution in [1.29, 1.82) is 0 Å². The summed E-state index contributed by atoms with van der Waals surface area (Å²) in [5.41, 5.74) is 2.89. The molecule has 0 bridgehead atoms. The molecule has 0 aliphatic carbocycles. The van der Waals surface area contributed by atoms with E-state index in [1.165, 1.54) is 21.5 Å². The van der Waals surface area contributed by atoms with Gasteiger partial charge in [0.25, 0.3) is 5.91 Å². The lowest BCUT2D eigenvalue weighted by Crippen LogP contribution is -2.29. The summed E-state index contributed by atoms with van der Waals surface area (Å²) < 4.78 is 26.8. The Morgan fingerprint density at radius 2 is 1.82 bits per heavy atom. The minimum atomic E-state index is -3.51. The second-order valence-corrected chi connectivity index (χ2v) is 9.98. The van der Waals surface area contributed by atoms with Crippen LogP contribution in [0.1, 0.15) is 34.3 Å². The van der Waals surface area contributed by atoms with Gasteiger partial charge in [0, 0.05) is 36.7 Å². The summed E-state index contributed by atoms with van der Waals surface area (Å²) in [5, 5.41) is 2.87. The number of aryl methyl sites for hydroxylation is 1. The third-order valence-electron chi connectivity index (χ3n) is 4.72. The predicted octanol–water partition coefficient (Wildman–Crippen LogP) is 3.44. The van der Waals surface area contributed by atoms with Crippen molar-refractivity contribution in [3.8, 4) is 0 Å².